The largest absolute Gasteiger partial charge is 0.505 e. The molecular weight excluding hydrogens is 547 g/mol. The summed E-state index contributed by atoms with van der Waals surface area (Å²) in [6, 6.07) is 14.1. The molecule has 4 heterocycles. The van der Waals surface area contributed by atoms with Crippen molar-refractivity contribution in [2.45, 2.75) is 44.3 Å². The van der Waals surface area contributed by atoms with E-state index in [0.717, 1.165) is 60.3 Å². The van der Waals surface area contributed by atoms with Gasteiger partial charge in [0, 0.05) is 48.7 Å². The van der Waals surface area contributed by atoms with Crippen LogP contribution in [0.2, 0.25) is 0 Å². The summed E-state index contributed by atoms with van der Waals surface area (Å²) in [5, 5.41) is 10.9. The number of halogens is 1. The van der Waals surface area contributed by atoms with Gasteiger partial charge in [-0.3, -0.25) is 4.79 Å². The number of ether oxygens (including phenoxy) is 1. The molecule has 2 aromatic carbocycles. The SMILES string of the molecule is COc1cc(C(=O)N2CC3CCC2C3N)cc2nc(-c3cc4ccc(-c5ccc(F)c(O)c5)nc4n3CC3CC3)n(C)c12. The van der Waals surface area contributed by atoms with E-state index in [0.29, 0.717) is 46.5 Å². The molecule has 43 heavy (non-hydrogen) atoms. The summed E-state index contributed by atoms with van der Waals surface area (Å²) in [7, 11) is 3.58. The van der Waals surface area contributed by atoms with Gasteiger partial charge in [-0.25, -0.2) is 14.4 Å². The van der Waals surface area contributed by atoms with Crippen LogP contribution in [0.5, 0.6) is 11.5 Å². The number of likely N-dealkylation sites (tertiary alicyclic amines) is 1. The van der Waals surface area contributed by atoms with Crippen LogP contribution in [0.1, 0.15) is 36.0 Å². The molecule has 3 aromatic heterocycles. The van der Waals surface area contributed by atoms with Gasteiger partial charge in [0.25, 0.3) is 5.91 Å². The molecule has 0 spiro atoms. The lowest BCUT2D eigenvalue weighted by atomic mass is 10.1. The molecule has 8 rings (SSSR count). The Morgan fingerprint density at radius 1 is 1.09 bits per heavy atom. The van der Waals surface area contributed by atoms with Crippen LogP contribution in [-0.2, 0) is 13.6 Å². The standard InChI is InChI=1S/C33H33FN6O3/c1-38-30-24(11-21(14-28(30)43-2)33(42)40-16-20-7-10-25(40)29(20)35)37-32(38)26-12-19-6-9-23(18-5-8-22(34)27(41)13-18)36-31(19)39(26)15-17-3-4-17/h5-6,8-9,11-14,17,20,25,29,41H,3-4,7,10,15-16,35H2,1-2H3. The van der Waals surface area contributed by atoms with Crippen molar-refractivity contribution in [3.63, 3.8) is 0 Å². The van der Waals surface area contributed by atoms with Crippen molar-refractivity contribution in [2.75, 3.05) is 13.7 Å². The minimum atomic E-state index is -0.664. The van der Waals surface area contributed by atoms with Crippen LogP contribution in [0.4, 0.5) is 4.39 Å². The van der Waals surface area contributed by atoms with Crippen molar-refractivity contribution in [3.8, 4) is 34.3 Å². The van der Waals surface area contributed by atoms with E-state index in [-0.39, 0.29) is 18.0 Å². The van der Waals surface area contributed by atoms with Crippen LogP contribution in [0.15, 0.2) is 48.5 Å². The van der Waals surface area contributed by atoms with Gasteiger partial charge >= 0.3 is 0 Å². The maximum absolute atomic E-state index is 13.7. The zero-order valence-electron chi connectivity index (χ0n) is 24.1. The summed E-state index contributed by atoms with van der Waals surface area (Å²) in [4.78, 5) is 25.7. The molecule has 9 nitrogen and oxygen atoms in total. The number of pyridine rings is 1. The van der Waals surface area contributed by atoms with E-state index in [9.17, 15) is 14.3 Å². The first-order chi connectivity index (χ1) is 20.8. The number of imidazole rings is 1. The zero-order chi connectivity index (χ0) is 29.6. The summed E-state index contributed by atoms with van der Waals surface area (Å²) < 4.78 is 23.8. The topological polar surface area (TPSA) is 111 Å². The Kier molecular flexibility index (Phi) is 5.81. The lowest BCUT2D eigenvalue weighted by Crippen LogP contribution is -2.41. The second-order valence-corrected chi connectivity index (χ2v) is 12.3. The fourth-order valence-corrected chi connectivity index (χ4v) is 7.16. The van der Waals surface area contributed by atoms with Crippen molar-refractivity contribution in [1.29, 1.82) is 0 Å². The molecule has 3 aliphatic rings. The number of hydrogen-bond acceptors (Lipinski definition) is 6. The molecule has 3 atom stereocenters. The number of hydrogen-bond donors (Lipinski definition) is 2. The third-order valence-corrected chi connectivity index (χ3v) is 9.67. The molecule has 1 amide bonds. The van der Waals surface area contributed by atoms with E-state index in [1.165, 1.54) is 12.1 Å². The number of aryl methyl sites for hydroxylation is 1. The average Bonchev–Trinajstić information content (AvgIpc) is 3.42. The molecule has 3 fully saturated rings. The monoisotopic (exact) mass is 580 g/mol. The number of carbonyl (C=O) groups is 1. The molecule has 2 aliphatic carbocycles. The lowest BCUT2D eigenvalue weighted by molar-refractivity contribution is 0.0700. The van der Waals surface area contributed by atoms with Crippen LogP contribution in [0, 0.1) is 17.7 Å². The van der Waals surface area contributed by atoms with E-state index in [2.05, 4.69) is 10.6 Å². The number of benzene rings is 2. The van der Waals surface area contributed by atoms with Gasteiger partial charge in [-0.15, -0.1) is 0 Å². The van der Waals surface area contributed by atoms with Crippen molar-refractivity contribution < 1.29 is 19.0 Å². The van der Waals surface area contributed by atoms with Gasteiger partial charge in [0.2, 0.25) is 0 Å². The Labute approximate surface area is 247 Å². The highest BCUT2D eigenvalue weighted by atomic mass is 19.1. The molecule has 220 valence electrons. The quantitative estimate of drug-likeness (QED) is 0.290. The third kappa shape index (κ3) is 4.11. The lowest BCUT2D eigenvalue weighted by Gasteiger charge is -2.27. The van der Waals surface area contributed by atoms with Crippen molar-refractivity contribution in [3.05, 3.63) is 59.9 Å². The Morgan fingerprint density at radius 2 is 1.93 bits per heavy atom. The summed E-state index contributed by atoms with van der Waals surface area (Å²) in [6.07, 6.45) is 4.36. The summed E-state index contributed by atoms with van der Waals surface area (Å²) in [6.45, 7) is 1.50. The van der Waals surface area contributed by atoms with Crippen LogP contribution >= 0.6 is 0 Å². The van der Waals surface area contributed by atoms with Crippen LogP contribution in [0.3, 0.4) is 0 Å². The van der Waals surface area contributed by atoms with Crippen LogP contribution in [-0.4, -0.2) is 60.8 Å². The van der Waals surface area contributed by atoms with Crippen molar-refractivity contribution in [2.24, 2.45) is 24.6 Å². The van der Waals surface area contributed by atoms with E-state index < -0.39 is 11.6 Å². The highest BCUT2D eigenvalue weighted by molar-refractivity contribution is 6.00. The summed E-state index contributed by atoms with van der Waals surface area (Å²) in [5.74, 6) is 1.18. The average molecular weight is 581 g/mol. The van der Waals surface area contributed by atoms with Gasteiger partial charge in [0.15, 0.2) is 17.4 Å². The van der Waals surface area contributed by atoms with Gasteiger partial charge in [-0.1, -0.05) is 0 Å². The second kappa shape index (κ2) is 9.54. The highest BCUT2D eigenvalue weighted by Gasteiger charge is 2.47. The Bertz CT molecular complexity index is 1940. The molecule has 0 radical (unpaired) electrons. The number of phenols is 1. The first-order valence-corrected chi connectivity index (χ1v) is 14.9. The Hall–Kier alpha value is -4.44. The number of piperidine rings is 1. The fourth-order valence-electron chi connectivity index (χ4n) is 7.16. The number of methoxy groups -OCH3 is 1. The van der Waals surface area contributed by atoms with E-state index >= 15 is 0 Å². The first-order valence-electron chi connectivity index (χ1n) is 14.9. The van der Waals surface area contributed by atoms with Crippen molar-refractivity contribution in [1.82, 2.24) is 24.0 Å². The van der Waals surface area contributed by atoms with E-state index in [4.69, 9.17) is 20.4 Å². The Morgan fingerprint density at radius 3 is 2.63 bits per heavy atom. The van der Waals surface area contributed by atoms with E-state index in [1.54, 1.807) is 13.2 Å². The van der Waals surface area contributed by atoms with Gasteiger partial charge in [0.05, 0.1) is 24.0 Å². The third-order valence-electron chi connectivity index (χ3n) is 9.67. The smallest absolute Gasteiger partial charge is 0.254 e. The number of fused-ring (bicyclic) bond motifs is 4. The predicted molar refractivity (Wildman–Crippen MR) is 161 cm³/mol. The second-order valence-electron chi connectivity index (χ2n) is 12.3. The fraction of sp³-hybridized carbons (Fsp3) is 0.364. The van der Waals surface area contributed by atoms with Crippen LogP contribution in [0.25, 0.3) is 44.8 Å². The van der Waals surface area contributed by atoms with Gasteiger partial charge < -0.3 is 29.6 Å². The Balaban J connectivity index is 1.24. The van der Waals surface area contributed by atoms with Gasteiger partial charge in [-0.05, 0) is 86.1 Å². The molecule has 2 bridgehead atoms. The number of rotatable bonds is 6. The number of nitrogens with zero attached hydrogens (tertiary/aromatic N) is 5. The molecule has 10 heteroatoms. The molecule has 5 aromatic rings. The van der Waals surface area contributed by atoms with Gasteiger partial charge in [-0.2, -0.15) is 0 Å². The number of phenolic OH excluding ortho intramolecular Hbond substituents is 1. The normalized spacial score (nSPS) is 21.4. The zero-order valence-corrected chi connectivity index (χ0v) is 24.1. The maximum Gasteiger partial charge on any atom is 0.254 e. The summed E-state index contributed by atoms with van der Waals surface area (Å²) >= 11 is 0. The molecular formula is C33H33FN6O3. The molecule has 3 N–H and O–H groups in total. The minimum Gasteiger partial charge on any atom is -0.505 e. The molecule has 1 saturated heterocycles. The predicted octanol–water partition coefficient (Wildman–Crippen LogP) is 5.08. The molecule has 1 aliphatic heterocycles. The van der Waals surface area contributed by atoms with Gasteiger partial charge in [0.1, 0.15) is 16.9 Å². The van der Waals surface area contributed by atoms with Crippen LogP contribution < -0.4 is 10.5 Å². The number of nitrogens with two attached hydrogens (primary N) is 1. The number of amides is 1. The van der Waals surface area contributed by atoms with Crippen molar-refractivity contribution >= 4 is 28.0 Å². The minimum absolute atomic E-state index is 0.0264. The first kappa shape index (κ1) is 26.2. The highest BCUT2D eigenvalue weighted by Crippen LogP contribution is 2.40. The molecule has 3 unspecified atom stereocenters. The summed E-state index contributed by atoms with van der Waals surface area (Å²) in [5.41, 5.74) is 11.5. The maximum atomic E-state index is 13.7. The number of aromatic nitrogens is 4. The molecule has 2 saturated carbocycles. The van der Waals surface area contributed by atoms with E-state index in [1.807, 2.05) is 40.8 Å². The number of aromatic hydroxyl groups is 1. The number of carbonyl (C=O) groups excluding carboxylic acids is 1.